The minimum atomic E-state index is 0.226. The molecule has 3 heteroatoms. The molecule has 0 aliphatic carbocycles. The van der Waals surface area contributed by atoms with Crippen LogP contribution in [0.25, 0.3) is 10.8 Å². The monoisotopic (exact) mass is 311 g/mol. The second-order valence-corrected chi connectivity index (χ2v) is 6.82. The molecule has 122 valence electrons. The molecule has 2 aromatic carbocycles. The van der Waals surface area contributed by atoms with Gasteiger partial charge in [0.15, 0.2) is 0 Å². The second kappa shape index (κ2) is 6.50. The third-order valence-electron chi connectivity index (χ3n) is 5.41. The third kappa shape index (κ3) is 2.73. The summed E-state index contributed by atoms with van der Waals surface area (Å²) in [6, 6.07) is 13.5. The number of hydrogen-bond acceptors (Lipinski definition) is 3. The molecule has 23 heavy (non-hydrogen) atoms. The zero-order valence-electron chi connectivity index (χ0n) is 13.5. The van der Waals surface area contributed by atoms with Crippen molar-refractivity contribution in [2.24, 2.45) is 5.92 Å². The van der Waals surface area contributed by atoms with E-state index in [1.54, 1.807) is 0 Å². The lowest BCUT2D eigenvalue weighted by Crippen LogP contribution is -2.41. The van der Waals surface area contributed by atoms with Gasteiger partial charge < -0.3 is 15.2 Å². The van der Waals surface area contributed by atoms with Crippen molar-refractivity contribution in [1.82, 2.24) is 0 Å². The molecular formula is C20H25NO2. The highest BCUT2D eigenvalue weighted by molar-refractivity contribution is 5.96. The Kier molecular flexibility index (Phi) is 4.23. The molecule has 0 spiro atoms. The molecule has 0 unspecified atom stereocenters. The summed E-state index contributed by atoms with van der Waals surface area (Å²) in [7, 11) is 0. The SMILES string of the molecule is OCCCC[C@@H]1Nc2c(ccc3ccccc23)[C@H]2OCCC[C@@H]12. The lowest BCUT2D eigenvalue weighted by Gasteiger charge is -2.43. The highest BCUT2D eigenvalue weighted by Gasteiger charge is 2.39. The molecule has 3 nitrogen and oxygen atoms in total. The summed E-state index contributed by atoms with van der Waals surface area (Å²) in [6.45, 7) is 1.16. The Hall–Kier alpha value is -1.58. The molecule has 1 saturated heterocycles. The highest BCUT2D eigenvalue weighted by atomic mass is 16.5. The van der Waals surface area contributed by atoms with E-state index in [1.807, 2.05) is 0 Å². The van der Waals surface area contributed by atoms with E-state index < -0.39 is 0 Å². The first kappa shape index (κ1) is 15.0. The highest BCUT2D eigenvalue weighted by Crippen LogP contribution is 2.47. The number of aliphatic hydroxyl groups is 1. The third-order valence-corrected chi connectivity index (χ3v) is 5.41. The Labute approximate surface area is 137 Å². The molecule has 2 aromatic rings. The van der Waals surface area contributed by atoms with Gasteiger partial charge in [0.2, 0.25) is 0 Å². The van der Waals surface area contributed by atoms with Crippen LogP contribution in [0.1, 0.15) is 43.8 Å². The molecule has 0 aromatic heterocycles. The van der Waals surface area contributed by atoms with Crippen LogP contribution in [0.3, 0.4) is 0 Å². The van der Waals surface area contributed by atoms with E-state index in [4.69, 9.17) is 9.84 Å². The number of fused-ring (bicyclic) bond motifs is 5. The summed E-state index contributed by atoms with van der Waals surface area (Å²) in [5, 5.41) is 15.5. The number of benzene rings is 2. The maximum atomic E-state index is 9.08. The zero-order valence-corrected chi connectivity index (χ0v) is 13.5. The summed E-state index contributed by atoms with van der Waals surface area (Å²) in [6.07, 6.45) is 5.67. The smallest absolute Gasteiger partial charge is 0.0892 e. The van der Waals surface area contributed by atoms with E-state index in [0.29, 0.717) is 12.0 Å². The Morgan fingerprint density at radius 3 is 2.96 bits per heavy atom. The van der Waals surface area contributed by atoms with Gasteiger partial charge >= 0.3 is 0 Å². The summed E-state index contributed by atoms with van der Waals surface area (Å²) >= 11 is 0. The van der Waals surface area contributed by atoms with Crippen LogP contribution in [0, 0.1) is 5.92 Å². The number of aliphatic hydroxyl groups excluding tert-OH is 1. The van der Waals surface area contributed by atoms with E-state index >= 15 is 0 Å². The van der Waals surface area contributed by atoms with Crippen molar-refractivity contribution < 1.29 is 9.84 Å². The maximum absolute atomic E-state index is 9.08. The summed E-state index contributed by atoms with van der Waals surface area (Å²) in [5.74, 6) is 0.552. The van der Waals surface area contributed by atoms with Gasteiger partial charge in [-0.15, -0.1) is 0 Å². The van der Waals surface area contributed by atoms with Gasteiger partial charge in [0, 0.05) is 41.8 Å². The van der Waals surface area contributed by atoms with Crippen molar-refractivity contribution in [3.8, 4) is 0 Å². The molecule has 2 aliphatic rings. The fourth-order valence-corrected chi connectivity index (χ4v) is 4.28. The van der Waals surface area contributed by atoms with E-state index in [0.717, 1.165) is 32.3 Å². The van der Waals surface area contributed by atoms with Gasteiger partial charge in [-0.25, -0.2) is 0 Å². The maximum Gasteiger partial charge on any atom is 0.0892 e. The minimum Gasteiger partial charge on any atom is -0.396 e. The van der Waals surface area contributed by atoms with E-state index in [9.17, 15) is 0 Å². The van der Waals surface area contributed by atoms with Crippen LogP contribution >= 0.6 is 0 Å². The first-order valence-corrected chi connectivity index (χ1v) is 8.89. The molecule has 3 atom stereocenters. The second-order valence-electron chi connectivity index (χ2n) is 6.82. The average Bonchev–Trinajstić information content (AvgIpc) is 2.62. The van der Waals surface area contributed by atoms with Crippen LogP contribution in [0.2, 0.25) is 0 Å². The Bertz CT molecular complexity index is 684. The van der Waals surface area contributed by atoms with Gasteiger partial charge in [-0.05, 0) is 37.5 Å². The van der Waals surface area contributed by atoms with Crippen molar-refractivity contribution >= 4 is 16.5 Å². The van der Waals surface area contributed by atoms with Gasteiger partial charge in [-0.2, -0.15) is 0 Å². The number of unbranched alkanes of at least 4 members (excludes halogenated alkanes) is 1. The molecule has 2 N–H and O–H groups in total. The largest absolute Gasteiger partial charge is 0.396 e. The molecule has 0 radical (unpaired) electrons. The van der Waals surface area contributed by atoms with Gasteiger partial charge in [0.1, 0.15) is 0 Å². The fraction of sp³-hybridized carbons (Fsp3) is 0.500. The number of hydrogen-bond donors (Lipinski definition) is 2. The average molecular weight is 311 g/mol. The molecule has 0 saturated carbocycles. The summed E-state index contributed by atoms with van der Waals surface area (Å²) < 4.78 is 6.20. The van der Waals surface area contributed by atoms with E-state index in [2.05, 4.69) is 41.7 Å². The van der Waals surface area contributed by atoms with Crippen LogP contribution in [0.4, 0.5) is 5.69 Å². The first-order valence-electron chi connectivity index (χ1n) is 8.89. The molecule has 2 aliphatic heterocycles. The lowest BCUT2D eigenvalue weighted by molar-refractivity contribution is -0.0386. The normalized spacial score (nSPS) is 26.4. The summed E-state index contributed by atoms with van der Waals surface area (Å²) in [5.41, 5.74) is 2.59. The molecule has 0 amide bonds. The Morgan fingerprint density at radius 2 is 2.04 bits per heavy atom. The predicted molar refractivity (Wildman–Crippen MR) is 93.7 cm³/mol. The Balaban J connectivity index is 1.73. The predicted octanol–water partition coefficient (Wildman–Crippen LogP) is 4.26. The topological polar surface area (TPSA) is 41.5 Å². The quantitative estimate of drug-likeness (QED) is 0.829. The van der Waals surface area contributed by atoms with Crippen molar-refractivity contribution in [3.63, 3.8) is 0 Å². The van der Waals surface area contributed by atoms with Crippen molar-refractivity contribution in [3.05, 3.63) is 42.0 Å². The number of anilines is 1. The molecular weight excluding hydrogens is 286 g/mol. The number of nitrogens with one attached hydrogen (secondary N) is 1. The fourth-order valence-electron chi connectivity index (χ4n) is 4.28. The minimum absolute atomic E-state index is 0.226. The van der Waals surface area contributed by atoms with Gasteiger partial charge in [-0.1, -0.05) is 36.4 Å². The summed E-state index contributed by atoms with van der Waals surface area (Å²) in [4.78, 5) is 0. The van der Waals surface area contributed by atoms with Gasteiger partial charge in [0.25, 0.3) is 0 Å². The molecule has 2 heterocycles. The lowest BCUT2D eigenvalue weighted by atomic mass is 9.77. The Morgan fingerprint density at radius 1 is 1.13 bits per heavy atom. The zero-order chi connectivity index (χ0) is 15.6. The van der Waals surface area contributed by atoms with Crippen LogP contribution in [-0.4, -0.2) is 24.4 Å². The van der Waals surface area contributed by atoms with Crippen LogP contribution in [0.5, 0.6) is 0 Å². The van der Waals surface area contributed by atoms with Gasteiger partial charge in [0.05, 0.1) is 6.10 Å². The van der Waals surface area contributed by atoms with Crippen LogP contribution in [0.15, 0.2) is 36.4 Å². The standard InChI is InChI=1S/C20H25NO2/c22-12-4-3-9-18-16-8-5-13-23-20(16)17-11-10-14-6-1-2-7-15(14)19(17)21-18/h1-2,6-7,10-11,16,18,20-22H,3-5,8-9,12-13H2/t16-,18-,20-/m0/s1. The van der Waals surface area contributed by atoms with Crippen molar-refractivity contribution in [2.75, 3.05) is 18.5 Å². The van der Waals surface area contributed by atoms with E-state index in [1.165, 1.54) is 28.4 Å². The van der Waals surface area contributed by atoms with E-state index in [-0.39, 0.29) is 12.7 Å². The molecule has 1 fully saturated rings. The first-order chi connectivity index (χ1) is 11.4. The number of rotatable bonds is 4. The number of ether oxygens (including phenoxy) is 1. The van der Waals surface area contributed by atoms with Crippen molar-refractivity contribution in [1.29, 1.82) is 0 Å². The van der Waals surface area contributed by atoms with Gasteiger partial charge in [-0.3, -0.25) is 0 Å². The van der Waals surface area contributed by atoms with Crippen molar-refractivity contribution in [2.45, 2.75) is 44.2 Å². The van der Waals surface area contributed by atoms with Crippen LogP contribution < -0.4 is 5.32 Å². The molecule has 0 bridgehead atoms. The molecule has 4 rings (SSSR count). The van der Waals surface area contributed by atoms with Crippen LogP contribution in [-0.2, 0) is 4.74 Å².